The highest BCUT2D eigenvalue weighted by Crippen LogP contribution is 2.67. The second-order valence-corrected chi connectivity index (χ2v) is 12.9. The molecule has 0 bridgehead atoms. The highest BCUT2D eigenvalue weighted by Gasteiger charge is 2.62. The maximum absolute atomic E-state index is 12.7. The van der Waals surface area contributed by atoms with E-state index in [9.17, 15) is 14.4 Å². The summed E-state index contributed by atoms with van der Waals surface area (Å²) in [6.07, 6.45) is 11.7. The lowest BCUT2D eigenvalue weighted by atomic mass is 9.41. The molecule has 0 aromatic rings. The number of ketones is 1. The summed E-state index contributed by atoms with van der Waals surface area (Å²) in [5, 5.41) is 23.7. The predicted molar refractivity (Wildman–Crippen MR) is 140 cm³/mol. The molecular weight excluding hydrogens is 472 g/mol. The number of nitrogens with one attached hydrogen (secondary N) is 1. The number of nitrogens with zero attached hydrogens (tertiary/aromatic N) is 1. The number of fused-ring (bicyclic) bond motifs is 5. The third-order valence-electron chi connectivity index (χ3n) is 10.8. The van der Waals surface area contributed by atoms with Gasteiger partial charge in [-0.3, -0.25) is 4.79 Å². The van der Waals surface area contributed by atoms with E-state index < -0.39 is 11.9 Å². The zero-order valence-corrected chi connectivity index (χ0v) is 22.8. The minimum Gasteiger partial charge on any atom is -0.478 e. The number of carboxylic acid groups (broad SMARTS) is 2. The van der Waals surface area contributed by atoms with Gasteiger partial charge in [-0.2, -0.15) is 0 Å². The lowest BCUT2D eigenvalue weighted by Gasteiger charge is -2.63. The normalized spacial score (nSPS) is 41.4. The van der Waals surface area contributed by atoms with Gasteiger partial charge in [0.2, 0.25) is 0 Å². The summed E-state index contributed by atoms with van der Waals surface area (Å²) in [6, 6.07) is 0. The molecule has 0 amide bonds. The second kappa shape index (κ2) is 10.5. The molecule has 1 saturated heterocycles. The fourth-order valence-corrected chi connectivity index (χ4v) is 8.85. The number of carboxylic acids is 2. The average molecular weight is 517 g/mol. The van der Waals surface area contributed by atoms with E-state index in [0.29, 0.717) is 35.2 Å². The standard InChI is InChI=1S/C25H40N2O2.C4H4O4/c1-23(2)20-7-5-17-18-6-8-22(28)25(18,4)12-9-19(17)24(20,3)13-10-21(23)27-29-16-11-14-26-15-16;5-3(6)1-2-4(7)8/h16-20,26H,5-15H2,1-4H3;1-2H,(H,5,6)(H,7,8)/t16-,17+,18+,19+,20+,24-,25+;/m1./s1. The highest BCUT2D eigenvalue weighted by atomic mass is 16.6. The van der Waals surface area contributed by atoms with Crippen molar-refractivity contribution in [3.05, 3.63) is 12.2 Å². The first kappa shape index (κ1) is 27.8. The van der Waals surface area contributed by atoms with E-state index in [-0.39, 0.29) is 16.9 Å². The summed E-state index contributed by atoms with van der Waals surface area (Å²) >= 11 is 0. The Kier molecular flexibility index (Phi) is 7.89. The summed E-state index contributed by atoms with van der Waals surface area (Å²) < 4.78 is 0. The van der Waals surface area contributed by atoms with Gasteiger partial charge in [-0.1, -0.05) is 32.9 Å². The van der Waals surface area contributed by atoms with Crippen LogP contribution in [0.4, 0.5) is 0 Å². The molecule has 3 N–H and O–H groups in total. The molecule has 7 atom stereocenters. The van der Waals surface area contributed by atoms with E-state index in [1.54, 1.807) is 0 Å². The van der Waals surface area contributed by atoms with Crippen LogP contribution in [0, 0.1) is 39.9 Å². The van der Waals surface area contributed by atoms with Gasteiger partial charge in [-0.15, -0.1) is 0 Å². The topological polar surface area (TPSA) is 125 Å². The van der Waals surface area contributed by atoms with Gasteiger partial charge in [-0.05, 0) is 80.6 Å². The van der Waals surface area contributed by atoms with Crippen molar-refractivity contribution in [2.24, 2.45) is 45.1 Å². The quantitative estimate of drug-likeness (QED) is 0.366. The van der Waals surface area contributed by atoms with Gasteiger partial charge in [0.25, 0.3) is 0 Å². The SMILES string of the molecule is CC1(C)C(=NO[C@@H]2CCNC2)CC[C@]2(C)[C@H]3CC[C@]4(C)C(=O)CC[C@H]4[C@@H]3CC[C@@H]12.O=C(O)C=CC(=O)O. The lowest BCUT2D eigenvalue weighted by molar-refractivity contribution is -0.141. The maximum Gasteiger partial charge on any atom is 0.328 e. The highest BCUT2D eigenvalue weighted by molar-refractivity contribution is 5.91. The number of hydrogen-bond acceptors (Lipinski definition) is 6. The Labute approximate surface area is 220 Å². The Bertz CT molecular complexity index is 951. The Balaban J connectivity index is 0.000000349. The van der Waals surface area contributed by atoms with Crippen molar-refractivity contribution in [1.82, 2.24) is 5.32 Å². The Morgan fingerprint density at radius 2 is 1.65 bits per heavy atom. The Morgan fingerprint density at radius 1 is 0.946 bits per heavy atom. The molecule has 5 fully saturated rings. The van der Waals surface area contributed by atoms with Gasteiger partial charge in [-0.25, -0.2) is 9.59 Å². The number of hydrogen-bond donors (Lipinski definition) is 3. The zero-order chi connectivity index (χ0) is 27.0. The minimum atomic E-state index is -1.26. The smallest absolute Gasteiger partial charge is 0.328 e. The Morgan fingerprint density at radius 3 is 2.27 bits per heavy atom. The van der Waals surface area contributed by atoms with Gasteiger partial charge >= 0.3 is 11.9 Å². The van der Waals surface area contributed by atoms with Gasteiger partial charge < -0.3 is 20.4 Å². The van der Waals surface area contributed by atoms with Crippen molar-refractivity contribution < 1.29 is 29.4 Å². The molecule has 37 heavy (non-hydrogen) atoms. The summed E-state index contributed by atoms with van der Waals surface area (Å²) in [6.45, 7) is 11.7. The molecule has 0 spiro atoms. The predicted octanol–water partition coefficient (Wildman–Crippen LogP) is 4.68. The van der Waals surface area contributed by atoms with Crippen molar-refractivity contribution in [3.8, 4) is 0 Å². The van der Waals surface area contributed by atoms with E-state index >= 15 is 0 Å². The van der Waals surface area contributed by atoms with Crippen molar-refractivity contribution in [1.29, 1.82) is 0 Å². The molecule has 0 aromatic carbocycles. The van der Waals surface area contributed by atoms with E-state index in [1.807, 2.05) is 0 Å². The molecule has 0 unspecified atom stereocenters. The first-order valence-electron chi connectivity index (χ1n) is 14.0. The van der Waals surface area contributed by atoms with Crippen LogP contribution in [-0.4, -0.2) is 52.8 Å². The first-order valence-corrected chi connectivity index (χ1v) is 14.0. The monoisotopic (exact) mass is 516 g/mol. The van der Waals surface area contributed by atoms with Gasteiger partial charge in [0.15, 0.2) is 0 Å². The third-order valence-corrected chi connectivity index (χ3v) is 10.8. The molecule has 1 heterocycles. The van der Waals surface area contributed by atoms with Crippen LogP contribution in [0.2, 0.25) is 0 Å². The van der Waals surface area contributed by atoms with Gasteiger partial charge in [0, 0.05) is 42.4 Å². The van der Waals surface area contributed by atoms with Crippen LogP contribution in [0.5, 0.6) is 0 Å². The molecule has 4 aliphatic carbocycles. The van der Waals surface area contributed by atoms with E-state index in [2.05, 4.69) is 33.0 Å². The van der Waals surface area contributed by atoms with Crippen LogP contribution in [0.15, 0.2) is 17.3 Å². The van der Waals surface area contributed by atoms with Crippen LogP contribution in [0.1, 0.15) is 85.5 Å². The molecular formula is C29H44N2O6. The van der Waals surface area contributed by atoms with Crippen molar-refractivity contribution >= 4 is 23.4 Å². The fourth-order valence-electron chi connectivity index (χ4n) is 8.85. The van der Waals surface area contributed by atoms with E-state index in [1.165, 1.54) is 31.4 Å². The second-order valence-electron chi connectivity index (χ2n) is 12.9. The first-order chi connectivity index (χ1) is 17.4. The molecule has 5 rings (SSSR count). The largest absolute Gasteiger partial charge is 0.478 e. The number of carbonyl (C=O) groups excluding carboxylic acids is 1. The van der Waals surface area contributed by atoms with Crippen LogP contribution in [0.25, 0.3) is 0 Å². The third kappa shape index (κ3) is 5.23. The molecule has 8 nitrogen and oxygen atoms in total. The average Bonchev–Trinajstić information content (AvgIpc) is 3.45. The van der Waals surface area contributed by atoms with Crippen LogP contribution in [-0.2, 0) is 19.2 Å². The molecule has 0 aromatic heterocycles. The number of aliphatic carboxylic acids is 2. The Hall–Kier alpha value is -2.22. The number of carbonyl (C=O) groups is 3. The minimum absolute atomic E-state index is 0.00960. The lowest BCUT2D eigenvalue weighted by Crippen LogP contribution is -2.58. The molecule has 5 aliphatic rings. The maximum atomic E-state index is 12.7. The molecule has 4 saturated carbocycles. The summed E-state index contributed by atoms with van der Waals surface area (Å²) in [7, 11) is 0. The van der Waals surface area contributed by atoms with Gasteiger partial charge in [0.1, 0.15) is 11.9 Å². The fraction of sp³-hybridized carbons (Fsp3) is 0.793. The van der Waals surface area contributed by atoms with Crippen molar-refractivity contribution in [3.63, 3.8) is 0 Å². The van der Waals surface area contributed by atoms with Crippen LogP contribution in [0.3, 0.4) is 0 Å². The summed E-state index contributed by atoms with van der Waals surface area (Å²) in [4.78, 5) is 37.7. The van der Waals surface area contributed by atoms with Gasteiger partial charge in [0.05, 0.1) is 5.71 Å². The summed E-state index contributed by atoms with van der Waals surface area (Å²) in [5.74, 6) is 0.908. The molecule has 206 valence electrons. The van der Waals surface area contributed by atoms with Crippen LogP contribution < -0.4 is 5.32 Å². The van der Waals surface area contributed by atoms with Crippen molar-refractivity contribution in [2.75, 3.05) is 13.1 Å². The van der Waals surface area contributed by atoms with Crippen molar-refractivity contribution in [2.45, 2.75) is 91.6 Å². The van der Waals surface area contributed by atoms with E-state index in [4.69, 9.17) is 20.2 Å². The molecule has 1 aliphatic heterocycles. The number of oxime groups is 1. The zero-order valence-electron chi connectivity index (χ0n) is 22.8. The molecule has 0 radical (unpaired) electrons. The van der Waals surface area contributed by atoms with E-state index in [0.717, 1.165) is 57.0 Å². The molecule has 8 heteroatoms. The number of rotatable bonds is 4. The van der Waals surface area contributed by atoms with Crippen LogP contribution >= 0.6 is 0 Å². The summed E-state index contributed by atoms with van der Waals surface area (Å²) in [5.41, 5.74) is 1.77. The number of Topliss-reactive ketones (excluding diaryl/α,β-unsaturated/α-hetero) is 1.